The summed E-state index contributed by atoms with van der Waals surface area (Å²) in [4.78, 5) is 16.1. The van der Waals surface area contributed by atoms with Gasteiger partial charge in [-0.05, 0) is 60.5 Å². The van der Waals surface area contributed by atoms with E-state index in [4.69, 9.17) is 5.14 Å². The van der Waals surface area contributed by atoms with Crippen LogP contribution in [0.3, 0.4) is 0 Å². The van der Waals surface area contributed by atoms with Gasteiger partial charge in [-0.25, -0.2) is 13.6 Å². The number of nitrogens with one attached hydrogen (secondary N) is 2. The van der Waals surface area contributed by atoms with Crippen LogP contribution >= 0.6 is 0 Å². The number of anilines is 2. The Morgan fingerprint density at radius 3 is 2.25 bits per heavy atom. The van der Waals surface area contributed by atoms with Crippen molar-refractivity contribution in [3.8, 4) is 0 Å². The van der Waals surface area contributed by atoms with Gasteiger partial charge in [-0.2, -0.15) is 0 Å². The summed E-state index contributed by atoms with van der Waals surface area (Å²) in [5.74, 6) is -0.211. The highest BCUT2D eigenvalue weighted by Gasteiger charge is 2.07. The van der Waals surface area contributed by atoms with Crippen LogP contribution in [-0.4, -0.2) is 25.9 Å². The molecule has 1 amide bonds. The molecule has 0 atom stereocenters. The van der Waals surface area contributed by atoms with Crippen molar-refractivity contribution in [3.63, 3.8) is 0 Å². The Kier molecular flexibility index (Phi) is 6.03. The monoisotopic (exact) mass is 396 g/mol. The molecule has 3 aromatic rings. The van der Waals surface area contributed by atoms with Crippen molar-refractivity contribution < 1.29 is 13.2 Å². The Balaban J connectivity index is 1.50. The molecular formula is C20H20N4O3S. The maximum atomic E-state index is 12.1. The van der Waals surface area contributed by atoms with E-state index in [2.05, 4.69) is 15.6 Å². The third-order valence-electron chi connectivity index (χ3n) is 4.06. The van der Waals surface area contributed by atoms with Crippen LogP contribution in [0.25, 0.3) is 0 Å². The number of sulfonamides is 1. The minimum atomic E-state index is -3.66. The van der Waals surface area contributed by atoms with Gasteiger partial charge in [0.1, 0.15) is 0 Å². The molecule has 0 unspecified atom stereocenters. The van der Waals surface area contributed by atoms with Crippen LogP contribution in [0.4, 0.5) is 11.4 Å². The summed E-state index contributed by atoms with van der Waals surface area (Å²) in [6.07, 6.45) is 3.86. The molecular weight excluding hydrogens is 376 g/mol. The van der Waals surface area contributed by atoms with Gasteiger partial charge < -0.3 is 10.6 Å². The minimum absolute atomic E-state index is 0.105. The predicted octanol–water partition coefficient (Wildman–Crippen LogP) is 2.64. The smallest absolute Gasteiger partial charge is 0.257 e. The van der Waals surface area contributed by atoms with Crippen molar-refractivity contribution in [1.29, 1.82) is 0 Å². The summed E-state index contributed by atoms with van der Waals surface area (Å²) < 4.78 is 22.5. The number of amides is 1. The Labute approximate surface area is 163 Å². The second-order valence-corrected chi connectivity index (χ2v) is 7.70. The number of benzene rings is 2. The standard InChI is InChI=1S/C20H20N4O3S/c21-28(26,27)19-9-3-15(4-10-19)11-13-23-17-5-7-18(8-6-17)24-20(25)16-2-1-12-22-14-16/h1-10,12,14,23H,11,13H2,(H,24,25)(H2,21,26,27). The number of nitrogens with zero attached hydrogens (tertiary/aromatic N) is 1. The molecule has 28 heavy (non-hydrogen) atoms. The van der Waals surface area contributed by atoms with E-state index in [1.54, 1.807) is 30.5 Å². The molecule has 7 nitrogen and oxygen atoms in total. The van der Waals surface area contributed by atoms with E-state index < -0.39 is 10.0 Å². The Hall–Kier alpha value is -3.23. The third kappa shape index (κ3) is 5.38. The highest BCUT2D eigenvalue weighted by molar-refractivity contribution is 7.89. The quantitative estimate of drug-likeness (QED) is 0.568. The van der Waals surface area contributed by atoms with Gasteiger partial charge in [0.15, 0.2) is 0 Å². The Morgan fingerprint density at radius 1 is 0.964 bits per heavy atom. The summed E-state index contributed by atoms with van der Waals surface area (Å²) in [6.45, 7) is 0.677. The molecule has 1 heterocycles. The molecule has 8 heteroatoms. The maximum absolute atomic E-state index is 12.1. The second-order valence-electron chi connectivity index (χ2n) is 6.14. The lowest BCUT2D eigenvalue weighted by Gasteiger charge is -2.09. The summed E-state index contributed by atoms with van der Waals surface area (Å²) in [5, 5.41) is 11.2. The highest BCUT2D eigenvalue weighted by Crippen LogP contribution is 2.15. The number of carbonyl (C=O) groups is 1. The van der Waals surface area contributed by atoms with Crippen LogP contribution in [-0.2, 0) is 16.4 Å². The minimum Gasteiger partial charge on any atom is -0.385 e. The van der Waals surface area contributed by atoms with E-state index in [1.807, 2.05) is 24.3 Å². The SMILES string of the molecule is NS(=O)(=O)c1ccc(CCNc2ccc(NC(=O)c3cccnc3)cc2)cc1. The molecule has 0 fully saturated rings. The summed E-state index contributed by atoms with van der Waals surface area (Å²) in [6, 6.07) is 17.3. The van der Waals surface area contributed by atoms with Gasteiger partial charge >= 0.3 is 0 Å². The highest BCUT2D eigenvalue weighted by atomic mass is 32.2. The maximum Gasteiger partial charge on any atom is 0.257 e. The van der Waals surface area contributed by atoms with E-state index >= 15 is 0 Å². The molecule has 3 rings (SSSR count). The zero-order valence-corrected chi connectivity index (χ0v) is 15.8. The number of pyridine rings is 1. The molecule has 1 aromatic heterocycles. The molecule has 0 aliphatic rings. The topological polar surface area (TPSA) is 114 Å². The molecule has 0 aliphatic heterocycles. The lowest BCUT2D eigenvalue weighted by molar-refractivity contribution is 0.102. The molecule has 0 saturated carbocycles. The number of hydrogen-bond donors (Lipinski definition) is 3. The Morgan fingerprint density at radius 2 is 1.64 bits per heavy atom. The first kappa shape index (κ1) is 19.5. The first-order valence-corrected chi connectivity index (χ1v) is 10.1. The van der Waals surface area contributed by atoms with E-state index in [-0.39, 0.29) is 10.8 Å². The average molecular weight is 396 g/mol. The fourth-order valence-electron chi connectivity index (χ4n) is 2.57. The van der Waals surface area contributed by atoms with Crippen molar-refractivity contribution in [2.24, 2.45) is 5.14 Å². The molecule has 0 bridgehead atoms. The second kappa shape index (κ2) is 8.64. The predicted molar refractivity (Wildman–Crippen MR) is 109 cm³/mol. The van der Waals surface area contributed by atoms with Crippen LogP contribution in [0.15, 0.2) is 78.0 Å². The molecule has 2 aromatic carbocycles. The molecule has 0 spiro atoms. The average Bonchev–Trinajstić information content (AvgIpc) is 2.70. The van der Waals surface area contributed by atoms with Crippen molar-refractivity contribution >= 4 is 27.3 Å². The molecule has 0 saturated heterocycles. The van der Waals surface area contributed by atoms with Crippen LogP contribution in [0.5, 0.6) is 0 Å². The molecule has 0 aliphatic carbocycles. The number of hydrogen-bond acceptors (Lipinski definition) is 5. The fourth-order valence-corrected chi connectivity index (χ4v) is 3.08. The zero-order valence-electron chi connectivity index (χ0n) is 15.0. The van der Waals surface area contributed by atoms with Gasteiger partial charge in [-0.1, -0.05) is 12.1 Å². The Bertz CT molecular complexity index is 1040. The van der Waals surface area contributed by atoms with Gasteiger partial charge in [-0.15, -0.1) is 0 Å². The van der Waals surface area contributed by atoms with E-state index in [0.29, 0.717) is 17.8 Å². The van der Waals surface area contributed by atoms with E-state index in [0.717, 1.165) is 17.7 Å². The summed E-state index contributed by atoms with van der Waals surface area (Å²) in [5.41, 5.74) is 3.11. The first-order valence-electron chi connectivity index (χ1n) is 8.59. The van der Waals surface area contributed by atoms with Crippen LogP contribution in [0.1, 0.15) is 15.9 Å². The zero-order chi connectivity index (χ0) is 20.0. The van der Waals surface area contributed by atoms with Gasteiger partial charge in [0.25, 0.3) is 5.91 Å². The number of nitrogens with two attached hydrogens (primary N) is 1. The van der Waals surface area contributed by atoms with Crippen LogP contribution in [0, 0.1) is 0 Å². The van der Waals surface area contributed by atoms with Gasteiger partial charge in [0, 0.05) is 30.3 Å². The van der Waals surface area contributed by atoms with Crippen LogP contribution in [0.2, 0.25) is 0 Å². The summed E-state index contributed by atoms with van der Waals surface area (Å²) in [7, 11) is -3.66. The normalized spacial score (nSPS) is 11.0. The third-order valence-corrected chi connectivity index (χ3v) is 4.99. The largest absolute Gasteiger partial charge is 0.385 e. The van der Waals surface area contributed by atoms with Crippen LogP contribution < -0.4 is 15.8 Å². The summed E-state index contributed by atoms with van der Waals surface area (Å²) >= 11 is 0. The first-order chi connectivity index (χ1) is 13.4. The van der Waals surface area contributed by atoms with E-state index in [1.165, 1.54) is 18.3 Å². The molecule has 0 radical (unpaired) electrons. The van der Waals surface area contributed by atoms with Gasteiger partial charge in [-0.3, -0.25) is 9.78 Å². The lowest BCUT2D eigenvalue weighted by Crippen LogP contribution is -2.12. The number of carbonyl (C=O) groups excluding carboxylic acids is 1. The van der Waals surface area contributed by atoms with Gasteiger partial charge in [0.05, 0.1) is 10.5 Å². The lowest BCUT2D eigenvalue weighted by atomic mass is 10.1. The molecule has 144 valence electrons. The van der Waals surface area contributed by atoms with Crippen molar-refractivity contribution in [3.05, 3.63) is 84.2 Å². The number of aromatic nitrogens is 1. The fraction of sp³-hybridized carbons (Fsp3) is 0.100. The van der Waals surface area contributed by atoms with Crippen molar-refractivity contribution in [2.45, 2.75) is 11.3 Å². The van der Waals surface area contributed by atoms with E-state index in [9.17, 15) is 13.2 Å². The number of primary sulfonamides is 1. The van der Waals surface area contributed by atoms with Gasteiger partial charge in [0.2, 0.25) is 10.0 Å². The van der Waals surface area contributed by atoms with Crippen molar-refractivity contribution in [1.82, 2.24) is 4.98 Å². The van der Waals surface area contributed by atoms with Crippen molar-refractivity contribution in [2.75, 3.05) is 17.2 Å². The molecule has 4 N–H and O–H groups in total. The number of rotatable bonds is 7.